The Hall–Kier alpha value is -1.44. The fourth-order valence-electron chi connectivity index (χ4n) is 3.93. The van der Waals surface area contributed by atoms with E-state index in [0.717, 1.165) is 5.56 Å². The molecule has 1 aromatic rings. The average molecular weight is 351 g/mol. The van der Waals surface area contributed by atoms with Gasteiger partial charge in [0.25, 0.3) is 0 Å². The zero-order valence-corrected chi connectivity index (χ0v) is 14.8. The Morgan fingerprint density at radius 3 is 2.52 bits per heavy atom. The first kappa shape index (κ1) is 19.9. The molecule has 0 aliphatic heterocycles. The van der Waals surface area contributed by atoms with Crippen molar-refractivity contribution in [2.24, 2.45) is 11.7 Å². The van der Waals surface area contributed by atoms with Gasteiger partial charge >= 0.3 is 13.1 Å². The number of nitrogens with two attached hydrogens (primary N) is 1. The van der Waals surface area contributed by atoms with Gasteiger partial charge in [0.15, 0.2) is 0 Å². The molecular weight excluding hydrogens is 324 g/mol. The van der Waals surface area contributed by atoms with Crippen LogP contribution in [0, 0.1) is 11.7 Å². The maximum absolute atomic E-state index is 14.6. The molecule has 0 fully saturated rings. The van der Waals surface area contributed by atoms with Crippen LogP contribution in [0.25, 0.3) is 0 Å². The van der Waals surface area contributed by atoms with Crippen molar-refractivity contribution in [3.8, 4) is 0 Å². The molecule has 0 saturated carbocycles. The van der Waals surface area contributed by atoms with Gasteiger partial charge in [-0.1, -0.05) is 20.3 Å². The second kappa shape index (κ2) is 7.85. The van der Waals surface area contributed by atoms with Gasteiger partial charge in [0.2, 0.25) is 0 Å². The minimum Gasteiger partial charge on any atom is -0.481 e. The fraction of sp³-hybridized carbons (Fsp3) is 0.611. The lowest BCUT2D eigenvalue weighted by atomic mass is 9.79. The van der Waals surface area contributed by atoms with E-state index < -0.39 is 24.5 Å². The molecule has 1 aromatic carbocycles. The summed E-state index contributed by atoms with van der Waals surface area (Å²) in [5.74, 6) is -2.18. The van der Waals surface area contributed by atoms with Crippen molar-refractivity contribution in [2.45, 2.75) is 63.7 Å². The van der Waals surface area contributed by atoms with E-state index in [4.69, 9.17) is 15.8 Å². The van der Waals surface area contributed by atoms with Crippen LogP contribution in [-0.2, 0) is 16.8 Å². The molecule has 0 aromatic heterocycles. The van der Waals surface area contributed by atoms with Crippen molar-refractivity contribution in [1.29, 1.82) is 0 Å². The number of hydrogen-bond donors (Lipinski definition) is 4. The van der Waals surface area contributed by atoms with Crippen LogP contribution in [0.15, 0.2) is 12.1 Å². The van der Waals surface area contributed by atoms with Crippen LogP contribution < -0.4 is 5.73 Å². The molecule has 0 heterocycles. The zero-order valence-electron chi connectivity index (χ0n) is 14.8. The lowest BCUT2D eigenvalue weighted by Gasteiger charge is -2.28. The van der Waals surface area contributed by atoms with Gasteiger partial charge < -0.3 is 20.9 Å². The smallest absolute Gasteiger partial charge is 0.451 e. The van der Waals surface area contributed by atoms with Crippen molar-refractivity contribution in [1.82, 2.24) is 0 Å². The summed E-state index contributed by atoms with van der Waals surface area (Å²) in [5.41, 5.74) is 7.29. The zero-order chi connectivity index (χ0) is 18.8. The Morgan fingerprint density at radius 1 is 1.36 bits per heavy atom. The maximum atomic E-state index is 14.6. The van der Waals surface area contributed by atoms with Crippen LogP contribution in [0.4, 0.5) is 4.39 Å². The Morgan fingerprint density at radius 2 is 2.00 bits per heavy atom. The minimum absolute atomic E-state index is 0.170. The molecule has 2 unspecified atom stereocenters. The van der Waals surface area contributed by atoms with E-state index in [0.29, 0.717) is 43.2 Å². The maximum Gasteiger partial charge on any atom is 0.451 e. The summed E-state index contributed by atoms with van der Waals surface area (Å²) in [6.07, 6.45) is 2.89. The van der Waals surface area contributed by atoms with Gasteiger partial charge in [0, 0.05) is 11.1 Å². The van der Waals surface area contributed by atoms with Crippen molar-refractivity contribution in [2.75, 3.05) is 0 Å². The molecule has 0 amide bonds. The highest BCUT2D eigenvalue weighted by atomic mass is 19.1. The van der Waals surface area contributed by atoms with Gasteiger partial charge in [0.1, 0.15) is 5.82 Å². The van der Waals surface area contributed by atoms with E-state index in [1.807, 2.05) is 13.8 Å². The number of fused-ring (bicyclic) bond motifs is 1. The molecule has 0 saturated heterocycles. The van der Waals surface area contributed by atoms with Crippen LogP contribution in [-0.4, -0.2) is 28.2 Å². The van der Waals surface area contributed by atoms with Crippen molar-refractivity contribution in [3.63, 3.8) is 0 Å². The van der Waals surface area contributed by atoms with E-state index in [1.165, 1.54) is 6.07 Å². The van der Waals surface area contributed by atoms with Crippen molar-refractivity contribution < 1.29 is 24.3 Å². The highest BCUT2D eigenvalue weighted by molar-refractivity contribution is 6.40. The number of halogens is 1. The van der Waals surface area contributed by atoms with Gasteiger partial charge in [-0.2, -0.15) is 0 Å². The number of carbonyl (C=O) groups is 1. The third-order valence-electron chi connectivity index (χ3n) is 5.62. The molecule has 1 aliphatic carbocycles. The Bertz CT molecular complexity index is 634. The lowest BCUT2D eigenvalue weighted by Crippen LogP contribution is -2.36. The van der Waals surface area contributed by atoms with Gasteiger partial charge in [-0.25, -0.2) is 4.39 Å². The Labute approximate surface area is 148 Å². The monoisotopic (exact) mass is 351 g/mol. The second-order valence-electron chi connectivity index (χ2n) is 7.09. The molecule has 0 radical (unpaired) electrons. The summed E-state index contributed by atoms with van der Waals surface area (Å²) in [7, 11) is -1.39. The molecule has 0 spiro atoms. The first-order chi connectivity index (χ1) is 11.7. The predicted molar refractivity (Wildman–Crippen MR) is 94.7 cm³/mol. The molecule has 2 atom stereocenters. The van der Waals surface area contributed by atoms with Crippen molar-refractivity contribution in [3.05, 3.63) is 34.6 Å². The standard InChI is InChI=1S/C18H27BFNO4/c1-3-18(21,4-2)14-10-13-12(9-15(14)20)8-11(16(13)17(22)23)6-5-7-19(24)25/h9-11,16,24-25H,3-8,21H2,1-2H3,(H,22,23). The third-order valence-corrected chi connectivity index (χ3v) is 5.62. The molecule has 2 rings (SSSR count). The summed E-state index contributed by atoms with van der Waals surface area (Å²) in [4.78, 5) is 11.8. The van der Waals surface area contributed by atoms with Crippen LogP contribution >= 0.6 is 0 Å². The molecular formula is C18H27BFNO4. The molecule has 25 heavy (non-hydrogen) atoms. The van der Waals surface area contributed by atoms with E-state index >= 15 is 0 Å². The summed E-state index contributed by atoms with van der Waals surface area (Å²) in [6, 6.07) is 3.09. The van der Waals surface area contributed by atoms with E-state index in [-0.39, 0.29) is 18.1 Å². The number of hydrogen-bond acceptors (Lipinski definition) is 4. The number of aliphatic carboxylic acids is 1. The van der Waals surface area contributed by atoms with Crippen LogP contribution in [0.5, 0.6) is 0 Å². The van der Waals surface area contributed by atoms with E-state index in [1.54, 1.807) is 6.07 Å². The molecule has 1 aliphatic rings. The number of benzene rings is 1. The lowest BCUT2D eigenvalue weighted by molar-refractivity contribution is -0.139. The normalized spacial score (nSPS) is 19.8. The Balaban J connectivity index is 2.35. The van der Waals surface area contributed by atoms with Crippen LogP contribution in [0.2, 0.25) is 6.32 Å². The van der Waals surface area contributed by atoms with Gasteiger partial charge in [-0.05, 0) is 61.2 Å². The summed E-state index contributed by atoms with van der Waals surface area (Å²) in [5, 5.41) is 27.6. The molecule has 0 bridgehead atoms. The second-order valence-corrected chi connectivity index (χ2v) is 7.09. The molecule has 5 N–H and O–H groups in total. The average Bonchev–Trinajstić information content (AvgIpc) is 2.90. The van der Waals surface area contributed by atoms with Crippen molar-refractivity contribution >= 4 is 13.1 Å². The molecule has 138 valence electrons. The molecule has 5 nitrogen and oxygen atoms in total. The largest absolute Gasteiger partial charge is 0.481 e. The van der Waals surface area contributed by atoms with Crippen LogP contribution in [0.1, 0.15) is 62.1 Å². The van der Waals surface area contributed by atoms with Gasteiger partial charge in [-0.15, -0.1) is 0 Å². The third kappa shape index (κ3) is 4.05. The number of carboxylic acid groups (broad SMARTS) is 1. The summed E-state index contributed by atoms with van der Waals surface area (Å²) < 4.78 is 14.6. The first-order valence-electron chi connectivity index (χ1n) is 8.94. The Kier molecular flexibility index (Phi) is 6.24. The summed E-state index contributed by atoms with van der Waals surface area (Å²) in [6.45, 7) is 3.79. The van der Waals surface area contributed by atoms with Gasteiger partial charge in [-0.3, -0.25) is 4.79 Å². The SMILES string of the molecule is CCC(N)(CC)c1cc2c(cc1F)CC(CCCB(O)O)C2C(=O)O. The number of rotatable bonds is 8. The first-order valence-corrected chi connectivity index (χ1v) is 8.94. The highest BCUT2D eigenvalue weighted by Gasteiger charge is 2.39. The van der Waals surface area contributed by atoms with Gasteiger partial charge in [0.05, 0.1) is 5.92 Å². The van der Waals surface area contributed by atoms with Crippen LogP contribution in [0.3, 0.4) is 0 Å². The number of carboxylic acids is 1. The molecule has 7 heteroatoms. The minimum atomic E-state index is -1.39. The predicted octanol–water partition coefficient (Wildman–Crippen LogP) is 2.39. The van der Waals surface area contributed by atoms with E-state index in [9.17, 15) is 14.3 Å². The topological polar surface area (TPSA) is 104 Å². The quantitative estimate of drug-likeness (QED) is 0.539. The highest BCUT2D eigenvalue weighted by Crippen LogP contribution is 2.43. The fourth-order valence-corrected chi connectivity index (χ4v) is 3.93. The summed E-state index contributed by atoms with van der Waals surface area (Å²) >= 11 is 0. The van der Waals surface area contributed by atoms with E-state index in [2.05, 4.69) is 0 Å².